The molecule has 0 amide bonds. The second-order valence-corrected chi connectivity index (χ2v) is 5.45. The van der Waals surface area contributed by atoms with Gasteiger partial charge in [-0.15, -0.1) is 11.8 Å². The summed E-state index contributed by atoms with van der Waals surface area (Å²) in [7, 11) is 0. The van der Waals surface area contributed by atoms with Gasteiger partial charge in [-0.3, -0.25) is 0 Å². The molecule has 0 unspecified atom stereocenters. The van der Waals surface area contributed by atoms with Gasteiger partial charge >= 0.3 is 0 Å². The van der Waals surface area contributed by atoms with Gasteiger partial charge in [0.15, 0.2) is 0 Å². The summed E-state index contributed by atoms with van der Waals surface area (Å²) in [4.78, 5) is 1.39. The first-order valence-electron chi connectivity index (χ1n) is 6.17. The standard InChI is InChI=1S/C14H23NS/c1-4-15-10-5-11-16-14-8-6-13(7-9-14)12(2)3/h6-9,12,15H,4-5,10-11H2,1-3H3. The molecule has 0 fully saturated rings. The van der Waals surface area contributed by atoms with Gasteiger partial charge in [0.1, 0.15) is 0 Å². The van der Waals surface area contributed by atoms with Crippen LogP contribution in [0.1, 0.15) is 38.7 Å². The van der Waals surface area contributed by atoms with Crippen LogP contribution in [0.25, 0.3) is 0 Å². The highest BCUT2D eigenvalue weighted by atomic mass is 32.2. The van der Waals surface area contributed by atoms with Crippen molar-refractivity contribution >= 4 is 11.8 Å². The van der Waals surface area contributed by atoms with Gasteiger partial charge < -0.3 is 5.32 Å². The normalized spacial score (nSPS) is 11.0. The Morgan fingerprint density at radius 3 is 2.44 bits per heavy atom. The lowest BCUT2D eigenvalue weighted by atomic mass is 10.0. The van der Waals surface area contributed by atoms with Gasteiger partial charge in [-0.05, 0) is 48.9 Å². The van der Waals surface area contributed by atoms with Crippen LogP contribution in [-0.4, -0.2) is 18.8 Å². The van der Waals surface area contributed by atoms with Crippen molar-refractivity contribution < 1.29 is 0 Å². The number of rotatable bonds is 7. The van der Waals surface area contributed by atoms with Crippen molar-refractivity contribution in [2.45, 2.75) is 38.0 Å². The second-order valence-electron chi connectivity index (χ2n) is 4.28. The minimum absolute atomic E-state index is 0.632. The van der Waals surface area contributed by atoms with Crippen molar-refractivity contribution in [1.29, 1.82) is 0 Å². The SMILES string of the molecule is CCNCCCSc1ccc(C(C)C)cc1. The maximum atomic E-state index is 3.35. The third kappa shape index (κ3) is 5.04. The Balaban J connectivity index is 2.27. The molecule has 0 aliphatic carbocycles. The Morgan fingerprint density at radius 2 is 1.88 bits per heavy atom. The summed E-state index contributed by atoms with van der Waals surface area (Å²) < 4.78 is 0. The Kier molecular flexibility index (Phi) is 6.58. The first-order chi connectivity index (χ1) is 7.74. The van der Waals surface area contributed by atoms with Gasteiger partial charge in [-0.2, -0.15) is 0 Å². The molecule has 0 aliphatic rings. The first kappa shape index (κ1) is 13.6. The Hall–Kier alpha value is -0.470. The van der Waals surface area contributed by atoms with Crippen LogP contribution in [0.3, 0.4) is 0 Å². The van der Waals surface area contributed by atoms with E-state index in [1.165, 1.54) is 22.6 Å². The molecule has 0 radical (unpaired) electrons. The van der Waals surface area contributed by atoms with Gasteiger partial charge in [0.05, 0.1) is 0 Å². The summed E-state index contributed by atoms with van der Waals surface area (Å²) in [5, 5.41) is 3.35. The molecule has 0 heterocycles. The number of hydrogen-bond acceptors (Lipinski definition) is 2. The molecule has 1 aromatic carbocycles. The van der Waals surface area contributed by atoms with Crippen molar-refractivity contribution in [2.75, 3.05) is 18.8 Å². The van der Waals surface area contributed by atoms with Crippen molar-refractivity contribution in [2.24, 2.45) is 0 Å². The fourth-order valence-electron chi connectivity index (χ4n) is 1.51. The summed E-state index contributed by atoms with van der Waals surface area (Å²) in [5.41, 5.74) is 1.43. The zero-order chi connectivity index (χ0) is 11.8. The second kappa shape index (κ2) is 7.75. The minimum Gasteiger partial charge on any atom is -0.317 e. The van der Waals surface area contributed by atoms with Gasteiger partial charge in [-0.25, -0.2) is 0 Å². The van der Waals surface area contributed by atoms with Gasteiger partial charge in [-0.1, -0.05) is 32.9 Å². The van der Waals surface area contributed by atoms with Crippen LogP contribution in [0.2, 0.25) is 0 Å². The molecule has 1 N–H and O–H groups in total. The molecule has 0 spiro atoms. The molecule has 0 bridgehead atoms. The molecule has 16 heavy (non-hydrogen) atoms. The summed E-state index contributed by atoms with van der Waals surface area (Å²) in [6, 6.07) is 8.98. The van der Waals surface area contributed by atoms with Crippen LogP contribution in [0.4, 0.5) is 0 Å². The number of nitrogens with one attached hydrogen (secondary N) is 1. The van der Waals surface area contributed by atoms with Crippen LogP contribution in [0.5, 0.6) is 0 Å². The fourth-order valence-corrected chi connectivity index (χ4v) is 2.37. The average molecular weight is 237 g/mol. The lowest BCUT2D eigenvalue weighted by Crippen LogP contribution is -2.14. The van der Waals surface area contributed by atoms with Gasteiger partial charge in [0.25, 0.3) is 0 Å². The molecule has 0 saturated carbocycles. The highest BCUT2D eigenvalue weighted by molar-refractivity contribution is 7.99. The molecule has 0 aromatic heterocycles. The Morgan fingerprint density at radius 1 is 1.19 bits per heavy atom. The van der Waals surface area contributed by atoms with E-state index in [-0.39, 0.29) is 0 Å². The average Bonchev–Trinajstić information content (AvgIpc) is 2.29. The predicted molar refractivity (Wildman–Crippen MR) is 74.4 cm³/mol. The molecule has 2 heteroatoms. The summed E-state index contributed by atoms with van der Waals surface area (Å²) in [6.45, 7) is 8.83. The van der Waals surface area contributed by atoms with Crippen LogP contribution >= 0.6 is 11.8 Å². The number of benzene rings is 1. The topological polar surface area (TPSA) is 12.0 Å². The van der Waals surface area contributed by atoms with E-state index in [1.54, 1.807) is 0 Å². The van der Waals surface area contributed by atoms with E-state index in [0.29, 0.717) is 5.92 Å². The van der Waals surface area contributed by atoms with Gasteiger partial charge in [0.2, 0.25) is 0 Å². The van der Waals surface area contributed by atoms with Crippen molar-refractivity contribution in [1.82, 2.24) is 5.32 Å². The molecule has 0 aliphatic heterocycles. The quantitative estimate of drug-likeness (QED) is 0.570. The summed E-state index contributed by atoms with van der Waals surface area (Å²) in [6.07, 6.45) is 1.24. The van der Waals surface area contributed by atoms with E-state index < -0.39 is 0 Å². The molecular formula is C14H23NS. The monoisotopic (exact) mass is 237 g/mol. The first-order valence-corrected chi connectivity index (χ1v) is 7.16. The molecule has 0 saturated heterocycles. The predicted octanol–water partition coefficient (Wildman–Crippen LogP) is 3.90. The van der Waals surface area contributed by atoms with E-state index >= 15 is 0 Å². The largest absolute Gasteiger partial charge is 0.317 e. The summed E-state index contributed by atoms with van der Waals surface area (Å²) >= 11 is 1.95. The molecular weight excluding hydrogens is 214 g/mol. The van der Waals surface area contributed by atoms with E-state index in [2.05, 4.69) is 50.4 Å². The highest BCUT2D eigenvalue weighted by Gasteiger charge is 1.99. The third-order valence-electron chi connectivity index (χ3n) is 2.56. The van der Waals surface area contributed by atoms with E-state index in [4.69, 9.17) is 0 Å². The Labute approximate surface area is 104 Å². The molecule has 1 aromatic rings. The van der Waals surface area contributed by atoms with E-state index in [1.807, 2.05) is 11.8 Å². The molecule has 1 nitrogen and oxygen atoms in total. The zero-order valence-corrected chi connectivity index (χ0v) is 11.4. The van der Waals surface area contributed by atoms with Crippen molar-refractivity contribution in [3.63, 3.8) is 0 Å². The van der Waals surface area contributed by atoms with Crippen LogP contribution in [0.15, 0.2) is 29.2 Å². The summed E-state index contributed by atoms with van der Waals surface area (Å²) in [5.74, 6) is 1.83. The smallest absolute Gasteiger partial charge is 0.00721 e. The lowest BCUT2D eigenvalue weighted by Gasteiger charge is -2.06. The van der Waals surface area contributed by atoms with E-state index in [9.17, 15) is 0 Å². The van der Waals surface area contributed by atoms with Crippen LogP contribution in [0, 0.1) is 0 Å². The highest BCUT2D eigenvalue weighted by Crippen LogP contribution is 2.22. The van der Waals surface area contributed by atoms with E-state index in [0.717, 1.165) is 13.1 Å². The van der Waals surface area contributed by atoms with Crippen molar-refractivity contribution in [3.8, 4) is 0 Å². The molecule has 0 atom stereocenters. The minimum atomic E-state index is 0.632. The van der Waals surface area contributed by atoms with Gasteiger partial charge in [0, 0.05) is 4.90 Å². The number of thioether (sulfide) groups is 1. The third-order valence-corrected chi connectivity index (χ3v) is 3.66. The van der Waals surface area contributed by atoms with Crippen LogP contribution in [-0.2, 0) is 0 Å². The lowest BCUT2D eigenvalue weighted by molar-refractivity contribution is 0.707. The van der Waals surface area contributed by atoms with Crippen LogP contribution < -0.4 is 5.32 Å². The maximum Gasteiger partial charge on any atom is 0.00721 e. The zero-order valence-electron chi connectivity index (χ0n) is 10.6. The Bertz CT molecular complexity index is 279. The maximum absolute atomic E-state index is 3.35. The van der Waals surface area contributed by atoms with Crippen molar-refractivity contribution in [3.05, 3.63) is 29.8 Å². The fraction of sp³-hybridized carbons (Fsp3) is 0.571. The number of hydrogen-bond donors (Lipinski definition) is 1. The molecule has 90 valence electrons. The molecule has 1 rings (SSSR count).